The van der Waals surface area contributed by atoms with Crippen LogP contribution in [0.25, 0.3) is 11.6 Å². The first-order valence-corrected chi connectivity index (χ1v) is 5.98. The first kappa shape index (κ1) is 11.7. The molecule has 0 bridgehead atoms. The van der Waals surface area contributed by atoms with Crippen molar-refractivity contribution < 1.29 is 0 Å². The Hall–Kier alpha value is -1.82. The van der Waals surface area contributed by atoms with Crippen molar-refractivity contribution in [3.63, 3.8) is 0 Å². The molecule has 0 aliphatic heterocycles. The predicted molar refractivity (Wildman–Crippen MR) is 75.9 cm³/mol. The summed E-state index contributed by atoms with van der Waals surface area (Å²) in [4.78, 5) is 0. The molecule has 2 rings (SSSR count). The molecule has 0 heteroatoms. The molecule has 0 atom stereocenters. The number of aryl methyl sites for hydroxylation is 2. The van der Waals surface area contributed by atoms with Crippen LogP contribution in [-0.2, 0) is 0 Å². The van der Waals surface area contributed by atoms with Gasteiger partial charge in [0.15, 0.2) is 0 Å². The van der Waals surface area contributed by atoms with Crippen LogP contribution in [0.1, 0.15) is 29.2 Å². The van der Waals surface area contributed by atoms with Gasteiger partial charge >= 0.3 is 0 Å². The summed E-state index contributed by atoms with van der Waals surface area (Å²) in [6.45, 7) is 6.47. The van der Waals surface area contributed by atoms with Crippen LogP contribution in [0, 0.1) is 13.8 Å². The highest BCUT2D eigenvalue weighted by Gasteiger charge is 2.00. The maximum atomic E-state index is 2.23. The van der Waals surface area contributed by atoms with Crippen molar-refractivity contribution in [2.45, 2.75) is 20.8 Å². The summed E-state index contributed by atoms with van der Waals surface area (Å²) in [5.74, 6) is 0. The summed E-state index contributed by atoms with van der Waals surface area (Å²) in [6, 6.07) is 17.1. The molecule has 0 fully saturated rings. The quantitative estimate of drug-likeness (QED) is 0.636. The predicted octanol–water partition coefficient (Wildman–Crippen LogP) is 4.86. The van der Waals surface area contributed by atoms with E-state index in [4.69, 9.17) is 0 Å². The topological polar surface area (TPSA) is 0 Å². The van der Waals surface area contributed by atoms with E-state index in [0.29, 0.717) is 0 Å². The van der Waals surface area contributed by atoms with Crippen LogP contribution in [0.4, 0.5) is 0 Å². The van der Waals surface area contributed by atoms with E-state index in [1.54, 1.807) is 0 Å². The lowest BCUT2D eigenvalue weighted by molar-refractivity contribution is 1.35. The highest BCUT2D eigenvalue weighted by molar-refractivity contribution is 5.81. The van der Waals surface area contributed by atoms with E-state index in [9.17, 15) is 0 Å². The summed E-state index contributed by atoms with van der Waals surface area (Å²) >= 11 is 0. The second-order valence-electron chi connectivity index (χ2n) is 4.56. The van der Waals surface area contributed by atoms with Crippen LogP contribution in [0.2, 0.25) is 0 Å². The summed E-state index contributed by atoms with van der Waals surface area (Å²) in [6.07, 6.45) is 2.23. The summed E-state index contributed by atoms with van der Waals surface area (Å²) < 4.78 is 0. The Labute approximate surface area is 104 Å². The minimum absolute atomic E-state index is 1.25. The minimum atomic E-state index is 1.25. The normalized spacial score (nSPS) is 11.6. The molecule has 0 aromatic heterocycles. The average Bonchev–Trinajstić information content (AvgIpc) is 2.30. The zero-order chi connectivity index (χ0) is 12.3. The SMILES string of the molecule is CC(=Cc1ccccc1)c1ccc(C)cc1C. The van der Waals surface area contributed by atoms with E-state index < -0.39 is 0 Å². The third-order valence-electron chi connectivity index (χ3n) is 2.99. The number of hydrogen-bond donors (Lipinski definition) is 0. The van der Waals surface area contributed by atoms with Gasteiger partial charge in [0.2, 0.25) is 0 Å². The maximum Gasteiger partial charge on any atom is -0.0198 e. The Bertz CT molecular complexity index is 533. The van der Waals surface area contributed by atoms with Crippen LogP contribution < -0.4 is 0 Å². The van der Waals surface area contributed by atoms with Crippen LogP contribution in [0.15, 0.2) is 48.5 Å². The highest BCUT2D eigenvalue weighted by Crippen LogP contribution is 2.21. The highest BCUT2D eigenvalue weighted by atomic mass is 14.1. The van der Waals surface area contributed by atoms with E-state index >= 15 is 0 Å². The van der Waals surface area contributed by atoms with Crippen LogP contribution in [0.3, 0.4) is 0 Å². The second-order valence-corrected chi connectivity index (χ2v) is 4.56. The molecule has 2 aromatic rings. The molecule has 0 amide bonds. The van der Waals surface area contributed by atoms with Gasteiger partial charge in [-0.25, -0.2) is 0 Å². The first-order chi connectivity index (χ1) is 8.16. The van der Waals surface area contributed by atoms with Crippen molar-refractivity contribution in [2.24, 2.45) is 0 Å². The Morgan fingerprint density at radius 2 is 1.65 bits per heavy atom. The number of allylic oxidation sites excluding steroid dienone is 1. The molecule has 0 aliphatic rings. The van der Waals surface area contributed by atoms with Crippen molar-refractivity contribution in [1.82, 2.24) is 0 Å². The van der Waals surface area contributed by atoms with Gasteiger partial charge in [0.05, 0.1) is 0 Å². The van der Waals surface area contributed by atoms with Gasteiger partial charge in [0.1, 0.15) is 0 Å². The third kappa shape index (κ3) is 2.85. The van der Waals surface area contributed by atoms with Gasteiger partial charge in [0, 0.05) is 0 Å². The fraction of sp³-hybridized carbons (Fsp3) is 0.176. The van der Waals surface area contributed by atoms with E-state index in [1.807, 2.05) is 6.07 Å². The lowest BCUT2D eigenvalue weighted by atomic mass is 9.98. The Morgan fingerprint density at radius 1 is 0.941 bits per heavy atom. The molecule has 0 spiro atoms. The smallest absolute Gasteiger partial charge is 0.0198 e. The first-order valence-electron chi connectivity index (χ1n) is 5.98. The largest absolute Gasteiger partial charge is 0.0622 e. The average molecular weight is 222 g/mol. The number of rotatable bonds is 2. The van der Waals surface area contributed by atoms with Gasteiger partial charge in [0.25, 0.3) is 0 Å². The third-order valence-corrected chi connectivity index (χ3v) is 2.99. The lowest BCUT2D eigenvalue weighted by Crippen LogP contribution is -1.87. The fourth-order valence-electron chi connectivity index (χ4n) is 2.13. The number of hydrogen-bond acceptors (Lipinski definition) is 0. The van der Waals surface area contributed by atoms with Gasteiger partial charge in [-0.3, -0.25) is 0 Å². The summed E-state index contributed by atoms with van der Waals surface area (Å²) in [5.41, 5.74) is 6.56. The molecule has 17 heavy (non-hydrogen) atoms. The maximum absolute atomic E-state index is 2.23. The molecule has 0 unspecified atom stereocenters. The molecule has 0 aliphatic carbocycles. The monoisotopic (exact) mass is 222 g/mol. The Morgan fingerprint density at radius 3 is 2.29 bits per heavy atom. The molecule has 0 nitrogen and oxygen atoms in total. The number of benzene rings is 2. The zero-order valence-electron chi connectivity index (χ0n) is 10.7. The Kier molecular flexibility index (Phi) is 3.43. The van der Waals surface area contributed by atoms with Crippen molar-refractivity contribution in [1.29, 1.82) is 0 Å². The van der Waals surface area contributed by atoms with Crippen molar-refractivity contribution in [3.8, 4) is 0 Å². The van der Waals surface area contributed by atoms with Crippen molar-refractivity contribution in [2.75, 3.05) is 0 Å². The molecular weight excluding hydrogens is 204 g/mol. The van der Waals surface area contributed by atoms with Gasteiger partial charge in [-0.2, -0.15) is 0 Å². The van der Waals surface area contributed by atoms with Gasteiger partial charge in [-0.1, -0.05) is 60.2 Å². The molecule has 86 valence electrons. The van der Waals surface area contributed by atoms with E-state index in [-0.39, 0.29) is 0 Å². The molecule has 0 saturated carbocycles. The lowest BCUT2D eigenvalue weighted by Gasteiger charge is -2.07. The molecule has 2 aromatic carbocycles. The van der Waals surface area contributed by atoms with Crippen LogP contribution in [-0.4, -0.2) is 0 Å². The molecule has 0 heterocycles. The summed E-state index contributed by atoms with van der Waals surface area (Å²) in [7, 11) is 0. The van der Waals surface area contributed by atoms with Crippen LogP contribution in [0.5, 0.6) is 0 Å². The van der Waals surface area contributed by atoms with Crippen molar-refractivity contribution >= 4 is 11.6 Å². The molecule has 0 N–H and O–H groups in total. The Balaban J connectivity index is 2.37. The molecule has 0 saturated heterocycles. The van der Waals surface area contributed by atoms with Crippen LogP contribution >= 0.6 is 0 Å². The van der Waals surface area contributed by atoms with E-state index in [0.717, 1.165) is 0 Å². The standard InChI is InChI=1S/C17H18/c1-13-9-10-17(14(2)11-13)15(3)12-16-7-5-4-6-8-16/h4-12H,1-3H3. The zero-order valence-corrected chi connectivity index (χ0v) is 10.7. The van der Waals surface area contributed by atoms with E-state index in [1.165, 1.54) is 27.8 Å². The van der Waals surface area contributed by atoms with E-state index in [2.05, 4.69) is 69.3 Å². The van der Waals surface area contributed by atoms with Gasteiger partial charge in [-0.15, -0.1) is 0 Å². The van der Waals surface area contributed by atoms with Crippen molar-refractivity contribution in [3.05, 3.63) is 70.8 Å². The van der Waals surface area contributed by atoms with Gasteiger partial charge in [-0.05, 0) is 43.0 Å². The minimum Gasteiger partial charge on any atom is -0.0622 e. The molecule has 0 radical (unpaired) electrons. The molecular formula is C17H18. The van der Waals surface area contributed by atoms with Gasteiger partial charge < -0.3 is 0 Å². The summed E-state index contributed by atoms with van der Waals surface area (Å²) in [5, 5.41) is 0. The second kappa shape index (κ2) is 5.01. The fourth-order valence-corrected chi connectivity index (χ4v) is 2.13.